The maximum Gasteiger partial charge on any atom is 0.272 e. The van der Waals surface area contributed by atoms with Gasteiger partial charge in [-0.25, -0.2) is 0 Å². The molecule has 0 radical (unpaired) electrons. The molecule has 0 unspecified atom stereocenters. The third-order valence-electron chi connectivity index (χ3n) is 4.28. The molecule has 0 spiro atoms. The van der Waals surface area contributed by atoms with Crippen LogP contribution < -0.4 is 5.32 Å². The molecule has 3 heteroatoms. The van der Waals surface area contributed by atoms with E-state index in [1.165, 1.54) is 11.1 Å². The number of benzene rings is 2. The molecule has 0 bridgehead atoms. The quantitative estimate of drug-likeness (QED) is 0.689. The highest BCUT2D eigenvalue weighted by Crippen LogP contribution is 2.24. The van der Waals surface area contributed by atoms with Gasteiger partial charge in [-0.1, -0.05) is 37.6 Å². The van der Waals surface area contributed by atoms with E-state index in [2.05, 4.69) is 49.3 Å². The predicted molar refractivity (Wildman–Crippen MR) is 96.3 cm³/mol. The Kier molecular flexibility index (Phi) is 3.95. The maximum atomic E-state index is 12.6. The molecule has 3 nitrogen and oxygen atoms in total. The molecule has 1 heterocycles. The SMILES string of the molecule is Cc1ccc2[nH]c(C(=O)Nc3ccc(C(C)C)cc3)c(C)c2c1. The molecule has 0 aliphatic carbocycles. The first kappa shape index (κ1) is 15.3. The molecule has 23 heavy (non-hydrogen) atoms. The Labute approximate surface area is 136 Å². The average Bonchev–Trinajstić information content (AvgIpc) is 2.85. The van der Waals surface area contributed by atoms with Gasteiger partial charge in [0.05, 0.1) is 0 Å². The number of amides is 1. The van der Waals surface area contributed by atoms with Gasteiger partial charge in [-0.2, -0.15) is 0 Å². The second kappa shape index (κ2) is 5.92. The standard InChI is InChI=1S/C20H22N2O/c1-12(2)15-6-8-16(9-7-15)21-20(23)19-14(4)17-11-13(3)5-10-18(17)22-19/h5-12,22H,1-4H3,(H,21,23). The smallest absolute Gasteiger partial charge is 0.272 e. The predicted octanol–water partition coefficient (Wildman–Crippen LogP) is 5.16. The van der Waals surface area contributed by atoms with E-state index in [0.29, 0.717) is 11.6 Å². The van der Waals surface area contributed by atoms with E-state index < -0.39 is 0 Å². The van der Waals surface area contributed by atoms with Crippen molar-refractivity contribution in [3.8, 4) is 0 Å². The summed E-state index contributed by atoms with van der Waals surface area (Å²) in [5.74, 6) is 0.382. The number of aryl methyl sites for hydroxylation is 2. The molecule has 0 aliphatic heterocycles. The number of aromatic nitrogens is 1. The molecule has 0 fully saturated rings. The molecular formula is C20H22N2O. The van der Waals surface area contributed by atoms with Gasteiger partial charge in [0.25, 0.3) is 5.91 Å². The number of carbonyl (C=O) groups is 1. The van der Waals surface area contributed by atoms with E-state index >= 15 is 0 Å². The maximum absolute atomic E-state index is 12.6. The van der Waals surface area contributed by atoms with Crippen molar-refractivity contribution in [1.29, 1.82) is 0 Å². The lowest BCUT2D eigenvalue weighted by atomic mass is 10.0. The van der Waals surface area contributed by atoms with Crippen LogP contribution in [0, 0.1) is 13.8 Å². The van der Waals surface area contributed by atoms with Crippen molar-refractivity contribution in [2.45, 2.75) is 33.6 Å². The summed E-state index contributed by atoms with van der Waals surface area (Å²) in [6, 6.07) is 14.2. The average molecular weight is 306 g/mol. The van der Waals surface area contributed by atoms with E-state index in [-0.39, 0.29) is 5.91 Å². The van der Waals surface area contributed by atoms with Gasteiger partial charge in [0, 0.05) is 16.6 Å². The molecule has 1 aromatic heterocycles. The van der Waals surface area contributed by atoms with Crippen LogP contribution in [-0.4, -0.2) is 10.9 Å². The second-order valence-corrected chi connectivity index (χ2v) is 6.40. The first-order chi connectivity index (χ1) is 11.0. The zero-order chi connectivity index (χ0) is 16.6. The van der Waals surface area contributed by atoms with Gasteiger partial charge in [0.1, 0.15) is 5.69 Å². The zero-order valence-corrected chi connectivity index (χ0v) is 14.0. The van der Waals surface area contributed by atoms with E-state index in [4.69, 9.17) is 0 Å². The van der Waals surface area contributed by atoms with E-state index in [1.54, 1.807) is 0 Å². The lowest BCUT2D eigenvalue weighted by Gasteiger charge is -2.08. The van der Waals surface area contributed by atoms with E-state index in [1.807, 2.05) is 31.2 Å². The molecule has 2 N–H and O–H groups in total. The Bertz CT molecular complexity index is 857. The summed E-state index contributed by atoms with van der Waals surface area (Å²) in [5, 5.41) is 4.07. The van der Waals surface area contributed by atoms with E-state index in [0.717, 1.165) is 22.2 Å². The summed E-state index contributed by atoms with van der Waals surface area (Å²) in [7, 11) is 0. The number of hydrogen-bond acceptors (Lipinski definition) is 1. The highest BCUT2D eigenvalue weighted by molar-refractivity contribution is 6.07. The Morgan fingerprint density at radius 2 is 1.74 bits per heavy atom. The summed E-state index contributed by atoms with van der Waals surface area (Å²) in [5.41, 5.74) is 5.87. The van der Waals surface area contributed by atoms with Crippen LogP contribution in [-0.2, 0) is 0 Å². The first-order valence-corrected chi connectivity index (χ1v) is 7.96. The fraction of sp³-hybridized carbons (Fsp3) is 0.250. The molecule has 3 aromatic rings. The summed E-state index contributed by atoms with van der Waals surface area (Å²) in [4.78, 5) is 15.8. The van der Waals surface area contributed by atoms with Crippen LogP contribution in [0.4, 0.5) is 5.69 Å². The summed E-state index contributed by atoms with van der Waals surface area (Å²) in [6.07, 6.45) is 0. The van der Waals surface area contributed by atoms with Gasteiger partial charge in [-0.15, -0.1) is 0 Å². The lowest BCUT2D eigenvalue weighted by molar-refractivity contribution is 0.102. The number of fused-ring (bicyclic) bond motifs is 1. The molecule has 0 saturated carbocycles. The Morgan fingerprint density at radius 3 is 2.39 bits per heavy atom. The van der Waals surface area contributed by atoms with Crippen molar-refractivity contribution in [2.24, 2.45) is 0 Å². The van der Waals surface area contributed by atoms with Crippen LogP contribution in [0.5, 0.6) is 0 Å². The highest BCUT2D eigenvalue weighted by Gasteiger charge is 2.15. The fourth-order valence-electron chi connectivity index (χ4n) is 2.81. The number of carbonyl (C=O) groups excluding carboxylic acids is 1. The van der Waals surface area contributed by atoms with Gasteiger partial charge >= 0.3 is 0 Å². The van der Waals surface area contributed by atoms with Crippen molar-refractivity contribution >= 4 is 22.5 Å². The molecular weight excluding hydrogens is 284 g/mol. The van der Waals surface area contributed by atoms with Crippen LogP contribution in [0.3, 0.4) is 0 Å². The van der Waals surface area contributed by atoms with Gasteiger partial charge < -0.3 is 10.3 Å². The number of hydrogen-bond donors (Lipinski definition) is 2. The zero-order valence-electron chi connectivity index (χ0n) is 14.0. The Balaban J connectivity index is 1.87. The summed E-state index contributed by atoms with van der Waals surface area (Å²) >= 11 is 0. The van der Waals surface area contributed by atoms with Crippen LogP contribution in [0.25, 0.3) is 10.9 Å². The summed E-state index contributed by atoms with van der Waals surface area (Å²) in [6.45, 7) is 8.35. The Morgan fingerprint density at radius 1 is 1.04 bits per heavy atom. The molecule has 0 saturated heterocycles. The van der Waals surface area contributed by atoms with Crippen molar-refractivity contribution in [2.75, 3.05) is 5.32 Å². The number of nitrogens with one attached hydrogen (secondary N) is 2. The van der Waals surface area contributed by atoms with Crippen molar-refractivity contribution in [1.82, 2.24) is 4.98 Å². The van der Waals surface area contributed by atoms with Crippen molar-refractivity contribution in [3.63, 3.8) is 0 Å². The number of aromatic amines is 1. The third-order valence-corrected chi connectivity index (χ3v) is 4.28. The van der Waals surface area contributed by atoms with Gasteiger partial charge in [-0.3, -0.25) is 4.79 Å². The molecule has 0 aliphatic rings. The van der Waals surface area contributed by atoms with Crippen LogP contribution in [0.15, 0.2) is 42.5 Å². The first-order valence-electron chi connectivity index (χ1n) is 7.96. The topological polar surface area (TPSA) is 44.9 Å². The highest BCUT2D eigenvalue weighted by atomic mass is 16.1. The van der Waals surface area contributed by atoms with Gasteiger partial charge in [0.15, 0.2) is 0 Å². The normalized spacial score (nSPS) is 11.2. The van der Waals surface area contributed by atoms with Crippen molar-refractivity contribution < 1.29 is 4.79 Å². The number of H-pyrrole nitrogens is 1. The minimum absolute atomic E-state index is 0.103. The van der Waals surface area contributed by atoms with Crippen LogP contribution >= 0.6 is 0 Å². The lowest BCUT2D eigenvalue weighted by Crippen LogP contribution is -2.13. The van der Waals surface area contributed by atoms with Crippen LogP contribution in [0.1, 0.15) is 46.9 Å². The van der Waals surface area contributed by atoms with Gasteiger partial charge in [0.2, 0.25) is 0 Å². The van der Waals surface area contributed by atoms with Crippen molar-refractivity contribution in [3.05, 3.63) is 64.8 Å². The minimum Gasteiger partial charge on any atom is -0.350 e. The van der Waals surface area contributed by atoms with Gasteiger partial charge in [-0.05, 0) is 55.2 Å². The molecule has 1 amide bonds. The molecule has 0 atom stereocenters. The fourth-order valence-corrected chi connectivity index (χ4v) is 2.81. The Hall–Kier alpha value is -2.55. The molecule has 2 aromatic carbocycles. The number of anilines is 1. The summed E-state index contributed by atoms with van der Waals surface area (Å²) < 4.78 is 0. The molecule has 3 rings (SSSR count). The largest absolute Gasteiger partial charge is 0.350 e. The third kappa shape index (κ3) is 3.00. The minimum atomic E-state index is -0.103. The number of rotatable bonds is 3. The second-order valence-electron chi connectivity index (χ2n) is 6.40. The molecule has 118 valence electrons. The van der Waals surface area contributed by atoms with E-state index in [9.17, 15) is 4.79 Å². The monoisotopic (exact) mass is 306 g/mol. The van der Waals surface area contributed by atoms with Crippen LogP contribution in [0.2, 0.25) is 0 Å².